The highest BCUT2D eigenvalue weighted by Crippen LogP contribution is 2.48. The number of alkyl halides is 7. The van der Waals surface area contributed by atoms with Gasteiger partial charge in [0, 0.05) is 5.57 Å². The van der Waals surface area contributed by atoms with Crippen molar-refractivity contribution in [2.75, 3.05) is 6.61 Å². The Labute approximate surface area is 131 Å². The van der Waals surface area contributed by atoms with Crippen molar-refractivity contribution in [3.05, 3.63) is 12.2 Å². The van der Waals surface area contributed by atoms with Gasteiger partial charge in [0.1, 0.15) is 0 Å². The molecule has 0 rings (SSSR count). The summed E-state index contributed by atoms with van der Waals surface area (Å²) in [4.78, 5) is 22.1. The molecular formula is C12H13F7O5. The Morgan fingerprint density at radius 1 is 1.17 bits per heavy atom. The fourth-order valence-electron chi connectivity index (χ4n) is 1.32. The quantitative estimate of drug-likeness (QED) is 0.423. The molecule has 0 amide bonds. The van der Waals surface area contributed by atoms with Gasteiger partial charge in [-0.2, -0.15) is 22.0 Å². The van der Waals surface area contributed by atoms with E-state index in [0.717, 1.165) is 0 Å². The third-order valence-electron chi connectivity index (χ3n) is 2.74. The Balaban J connectivity index is 5.19. The van der Waals surface area contributed by atoms with E-state index in [1.807, 2.05) is 0 Å². The van der Waals surface area contributed by atoms with Gasteiger partial charge >= 0.3 is 24.0 Å². The van der Waals surface area contributed by atoms with Crippen molar-refractivity contribution >= 4 is 11.9 Å². The van der Waals surface area contributed by atoms with Crippen LogP contribution in [0.2, 0.25) is 0 Å². The third kappa shape index (κ3) is 4.36. The minimum absolute atomic E-state index is 0.164. The maximum Gasteiger partial charge on any atom is 0.429 e. The number of esters is 2. The largest absolute Gasteiger partial charge is 0.454 e. The van der Waals surface area contributed by atoms with Crippen molar-refractivity contribution < 1.29 is 54.9 Å². The topological polar surface area (TPSA) is 72.8 Å². The molecule has 0 radical (unpaired) electrons. The van der Waals surface area contributed by atoms with Crippen molar-refractivity contribution in [1.29, 1.82) is 0 Å². The molecule has 0 heterocycles. The van der Waals surface area contributed by atoms with Crippen LogP contribution in [0, 0.1) is 0 Å². The van der Waals surface area contributed by atoms with E-state index in [1.54, 1.807) is 0 Å². The Morgan fingerprint density at radius 2 is 1.62 bits per heavy atom. The number of ether oxygens (including phenoxy) is 2. The van der Waals surface area contributed by atoms with Gasteiger partial charge in [0.25, 0.3) is 12.0 Å². The number of hydrogen-bond donors (Lipinski definition) is 1. The fraction of sp³-hybridized carbons (Fsp3) is 0.667. The van der Waals surface area contributed by atoms with Gasteiger partial charge in [-0.05, 0) is 13.8 Å². The highest BCUT2D eigenvalue weighted by atomic mass is 19.4. The van der Waals surface area contributed by atoms with Crippen LogP contribution in [-0.2, 0) is 19.1 Å². The number of rotatable bonds is 7. The van der Waals surface area contributed by atoms with E-state index < -0.39 is 48.8 Å². The molecular weight excluding hydrogens is 357 g/mol. The van der Waals surface area contributed by atoms with Crippen molar-refractivity contribution in [2.24, 2.45) is 0 Å². The molecule has 0 spiro atoms. The molecule has 2 unspecified atom stereocenters. The summed E-state index contributed by atoms with van der Waals surface area (Å²) in [6, 6.07) is 0. The van der Waals surface area contributed by atoms with Gasteiger partial charge in [-0.3, -0.25) is 0 Å². The molecule has 5 nitrogen and oxygen atoms in total. The van der Waals surface area contributed by atoms with E-state index in [9.17, 15) is 40.3 Å². The second-order valence-electron chi connectivity index (χ2n) is 4.68. The fourth-order valence-corrected chi connectivity index (χ4v) is 1.32. The Morgan fingerprint density at radius 3 is 1.96 bits per heavy atom. The Kier molecular flexibility index (Phi) is 6.80. The Bertz CT molecular complexity index is 503. The number of aliphatic hydroxyl groups is 1. The van der Waals surface area contributed by atoms with Gasteiger partial charge in [0.05, 0.1) is 0 Å². The highest BCUT2D eigenvalue weighted by molar-refractivity contribution is 5.88. The summed E-state index contributed by atoms with van der Waals surface area (Å²) in [6.07, 6.45) is -14.4. The number of halogens is 7. The molecule has 0 fully saturated rings. The summed E-state index contributed by atoms with van der Waals surface area (Å²) in [5.74, 6) is -8.45. The van der Waals surface area contributed by atoms with Crippen molar-refractivity contribution in [3.63, 3.8) is 0 Å². The summed E-state index contributed by atoms with van der Waals surface area (Å²) in [7, 11) is 0. The lowest BCUT2D eigenvalue weighted by Gasteiger charge is -2.38. The summed E-state index contributed by atoms with van der Waals surface area (Å²) < 4.78 is 97.6. The average molecular weight is 370 g/mol. The smallest absolute Gasteiger partial charge is 0.429 e. The van der Waals surface area contributed by atoms with Crippen LogP contribution in [0.5, 0.6) is 0 Å². The third-order valence-corrected chi connectivity index (χ3v) is 2.74. The predicted octanol–water partition coefficient (Wildman–Crippen LogP) is 2.23. The van der Waals surface area contributed by atoms with E-state index in [0.29, 0.717) is 0 Å². The van der Waals surface area contributed by atoms with E-state index in [1.165, 1.54) is 6.92 Å². The summed E-state index contributed by atoms with van der Waals surface area (Å²) >= 11 is 0. The van der Waals surface area contributed by atoms with E-state index in [4.69, 9.17) is 5.11 Å². The Hall–Kier alpha value is -1.85. The van der Waals surface area contributed by atoms with E-state index in [-0.39, 0.29) is 12.5 Å². The number of carbonyl (C=O) groups excluding carboxylic acids is 2. The lowest BCUT2D eigenvalue weighted by Crippen LogP contribution is -2.67. The number of carbonyl (C=O) groups is 2. The van der Waals surface area contributed by atoms with Crippen LogP contribution in [-0.4, -0.2) is 53.9 Å². The maximum absolute atomic E-state index is 13.7. The van der Waals surface area contributed by atoms with Gasteiger partial charge in [0.2, 0.25) is 0 Å². The molecule has 1 N–H and O–H groups in total. The molecule has 2 atom stereocenters. The van der Waals surface area contributed by atoms with Crippen molar-refractivity contribution in [1.82, 2.24) is 0 Å². The second-order valence-corrected chi connectivity index (χ2v) is 4.68. The minimum Gasteiger partial charge on any atom is -0.454 e. The van der Waals surface area contributed by atoms with Gasteiger partial charge < -0.3 is 14.6 Å². The zero-order chi connectivity index (χ0) is 19.5. The molecule has 0 bridgehead atoms. The minimum atomic E-state index is -6.42. The van der Waals surface area contributed by atoms with Crippen LogP contribution in [0.3, 0.4) is 0 Å². The maximum atomic E-state index is 13.7. The van der Waals surface area contributed by atoms with Crippen LogP contribution < -0.4 is 0 Å². The highest BCUT2D eigenvalue weighted by Gasteiger charge is 2.76. The molecule has 140 valence electrons. The molecule has 0 aromatic heterocycles. The zero-order valence-corrected chi connectivity index (χ0v) is 12.3. The monoisotopic (exact) mass is 370 g/mol. The van der Waals surface area contributed by atoms with Crippen LogP contribution >= 0.6 is 0 Å². The van der Waals surface area contributed by atoms with Crippen molar-refractivity contribution in [3.8, 4) is 0 Å². The standard InChI is InChI=1S/C12H13F7O5/c1-5(2)8(21)23-4-7(20)24-6(3)11(15,16)10(22,9(13)14)12(17,18)19/h6,9,22H,1,4H2,2-3H3. The van der Waals surface area contributed by atoms with Crippen LogP contribution in [0.4, 0.5) is 30.7 Å². The molecule has 0 saturated heterocycles. The normalized spacial score (nSPS) is 16.3. The summed E-state index contributed by atoms with van der Waals surface area (Å²) in [5, 5.41) is 8.81. The van der Waals surface area contributed by atoms with Gasteiger partial charge in [-0.1, -0.05) is 6.58 Å². The molecule has 12 heteroatoms. The molecule has 0 aliphatic rings. The first-order valence-corrected chi connectivity index (χ1v) is 6.06. The molecule has 24 heavy (non-hydrogen) atoms. The second kappa shape index (κ2) is 7.36. The average Bonchev–Trinajstić information content (AvgIpc) is 2.41. The van der Waals surface area contributed by atoms with Gasteiger partial charge in [-0.25, -0.2) is 18.4 Å². The predicted molar refractivity (Wildman–Crippen MR) is 63.3 cm³/mol. The summed E-state index contributed by atoms with van der Waals surface area (Å²) in [5.41, 5.74) is -5.92. The first-order valence-electron chi connectivity index (χ1n) is 6.06. The molecule has 0 aliphatic carbocycles. The lowest BCUT2D eigenvalue weighted by molar-refractivity contribution is -0.379. The first-order chi connectivity index (χ1) is 10.6. The van der Waals surface area contributed by atoms with Gasteiger partial charge in [0.15, 0.2) is 12.7 Å². The van der Waals surface area contributed by atoms with Crippen LogP contribution in [0.15, 0.2) is 12.2 Å². The SMILES string of the molecule is C=C(C)C(=O)OCC(=O)OC(C)C(F)(F)C(O)(C(F)F)C(F)(F)F. The molecule has 0 saturated carbocycles. The lowest BCUT2D eigenvalue weighted by atomic mass is 9.91. The van der Waals surface area contributed by atoms with Crippen LogP contribution in [0.1, 0.15) is 13.8 Å². The molecule has 0 aromatic carbocycles. The van der Waals surface area contributed by atoms with Crippen LogP contribution in [0.25, 0.3) is 0 Å². The molecule has 0 aromatic rings. The van der Waals surface area contributed by atoms with Gasteiger partial charge in [-0.15, -0.1) is 0 Å². The van der Waals surface area contributed by atoms with Crippen molar-refractivity contribution in [2.45, 2.75) is 44.1 Å². The summed E-state index contributed by atoms with van der Waals surface area (Å²) in [6.45, 7) is 3.19. The zero-order valence-electron chi connectivity index (χ0n) is 12.3. The van der Waals surface area contributed by atoms with E-state index in [2.05, 4.69) is 16.1 Å². The van der Waals surface area contributed by atoms with E-state index >= 15 is 0 Å². The number of hydrogen-bond acceptors (Lipinski definition) is 5. The first kappa shape index (κ1) is 22.1. The molecule has 0 aliphatic heterocycles.